The Morgan fingerprint density at radius 2 is 2.00 bits per heavy atom. The molecule has 7 nitrogen and oxygen atoms in total. The van der Waals surface area contributed by atoms with Crippen LogP contribution in [-0.2, 0) is 6.54 Å². The molecule has 7 heteroatoms. The molecule has 2 aromatic rings. The van der Waals surface area contributed by atoms with Gasteiger partial charge in [-0.1, -0.05) is 6.07 Å². The lowest BCUT2D eigenvalue weighted by molar-refractivity contribution is -0.383. The Morgan fingerprint density at radius 1 is 1.22 bits per heavy atom. The van der Waals surface area contributed by atoms with Crippen molar-refractivity contribution in [3.8, 4) is 11.5 Å². The van der Waals surface area contributed by atoms with Crippen LogP contribution in [0.2, 0.25) is 0 Å². The van der Waals surface area contributed by atoms with Crippen LogP contribution in [0.5, 0.6) is 11.5 Å². The molecule has 0 saturated carbocycles. The summed E-state index contributed by atoms with van der Waals surface area (Å²) in [6.45, 7) is 7.27. The zero-order chi connectivity index (χ0) is 16.8. The van der Waals surface area contributed by atoms with E-state index in [1.54, 1.807) is 26.4 Å². The molecule has 2 rings (SSSR count). The first-order valence-corrected chi connectivity index (χ1v) is 6.69. The first-order chi connectivity index (χ1) is 11.1. The molecule has 0 saturated heterocycles. The van der Waals surface area contributed by atoms with Crippen LogP contribution >= 0.6 is 0 Å². The maximum absolute atomic E-state index is 11.1. The molecule has 2 aromatic carbocycles. The molecule has 0 aliphatic carbocycles. The van der Waals surface area contributed by atoms with E-state index in [4.69, 9.17) is 16.0 Å². The lowest BCUT2D eigenvalue weighted by Crippen LogP contribution is -2.04. The Balaban J connectivity index is 2.24. The summed E-state index contributed by atoms with van der Waals surface area (Å²) in [6, 6.07) is 9.67. The molecule has 1 N–H and O–H groups in total. The highest BCUT2D eigenvalue weighted by Gasteiger charge is 2.15. The van der Waals surface area contributed by atoms with E-state index in [0.717, 1.165) is 5.56 Å². The van der Waals surface area contributed by atoms with Crippen molar-refractivity contribution in [1.82, 2.24) is 0 Å². The fraction of sp³-hybridized carbons (Fsp3) is 0.188. The number of nitro groups is 1. The molecule has 0 aliphatic rings. The molecule has 0 fully saturated rings. The molecular weight excluding hydrogens is 298 g/mol. The second-order valence-electron chi connectivity index (χ2n) is 4.60. The number of hydrogen-bond acceptors (Lipinski definition) is 5. The molecule has 23 heavy (non-hydrogen) atoms. The van der Waals surface area contributed by atoms with Crippen LogP contribution in [0.25, 0.3) is 4.85 Å². The average Bonchev–Trinajstić information content (AvgIpc) is 2.59. The Hall–Kier alpha value is -3.27. The zero-order valence-corrected chi connectivity index (χ0v) is 12.7. The van der Waals surface area contributed by atoms with Gasteiger partial charge in [0.1, 0.15) is 17.2 Å². The predicted molar refractivity (Wildman–Crippen MR) is 86.2 cm³/mol. The molecule has 0 bridgehead atoms. The number of hydrogen-bond donors (Lipinski definition) is 1. The third kappa shape index (κ3) is 3.68. The molecule has 118 valence electrons. The van der Waals surface area contributed by atoms with Crippen molar-refractivity contribution in [3.05, 3.63) is 63.5 Å². The van der Waals surface area contributed by atoms with Crippen molar-refractivity contribution in [2.45, 2.75) is 6.54 Å². The Morgan fingerprint density at radius 3 is 2.61 bits per heavy atom. The number of anilines is 1. The second kappa shape index (κ2) is 7.13. The molecule has 0 spiro atoms. The van der Waals surface area contributed by atoms with Gasteiger partial charge in [-0.25, -0.2) is 4.85 Å². The van der Waals surface area contributed by atoms with Crippen LogP contribution in [-0.4, -0.2) is 19.1 Å². The van der Waals surface area contributed by atoms with Crippen LogP contribution in [0.4, 0.5) is 17.1 Å². The van der Waals surface area contributed by atoms with Gasteiger partial charge in [-0.15, -0.1) is 0 Å². The SMILES string of the molecule is [C-]#[N+]c1ccc(NCc2ccc(OC)cc2OC)c([N+](=O)[O-])c1. The molecule has 0 radical (unpaired) electrons. The summed E-state index contributed by atoms with van der Waals surface area (Å²) in [5.74, 6) is 1.29. The third-order valence-corrected chi connectivity index (χ3v) is 3.27. The molecule has 0 aromatic heterocycles. The minimum atomic E-state index is -0.512. The molecule has 0 amide bonds. The first-order valence-electron chi connectivity index (χ1n) is 6.69. The fourth-order valence-corrected chi connectivity index (χ4v) is 2.08. The molecule has 0 atom stereocenters. The summed E-state index contributed by atoms with van der Waals surface area (Å²) in [7, 11) is 3.11. The maximum atomic E-state index is 11.1. The number of rotatable bonds is 6. The van der Waals surface area contributed by atoms with Crippen LogP contribution in [0.3, 0.4) is 0 Å². The van der Waals surface area contributed by atoms with Gasteiger partial charge in [-0.3, -0.25) is 10.1 Å². The summed E-state index contributed by atoms with van der Waals surface area (Å²) in [5, 5.41) is 14.1. The van der Waals surface area contributed by atoms with Gasteiger partial charge < -0.3 is 14.8 Å². The van der Waals surface area contributed by atoms with Crippen molar-refractivity contribution < 1.29 is 14.4 Å². The smallest absolute Gasteiger partial charge is 0.282 e. The van der Waals surface area contributed by atoms with Crippen LogP contribution in [0.15, 0.2) is 36.4 Å². The Kier molecular flexibility index (Phi) is 5.00. The van der Waals surface area contributed by atoms with E-state index in [2.05, 4.69) is 10.2 Å². The summed E-state index contributed by atoms with van der Waals surface area (Å²) in [5.41, 5.74) is 1.27. The number of nitrogens with zero attached hydrogens (tertiary/aromatic N) is 2. The van der Waals surface area contributed by atoms with E-state index in [1.807, 2.05) is 6.07 Å². The lowest BCUT2D eigenvalue weighted by atomic mass is 10.1. The van der Waals surface area contributed by atoms with Gasteiger partial charge in [0.05, 0.1) is 25.7 Å². The average molecular weight is 313 g/mol. The fourth-order valence-electron chi connectivity index (χ4n) is 2.08. The molecule has 0 unspecified atom stereocenters. The van der Waals surface area contributed by atoms with Crippen molar-refractivity contribution in [3.63, 3.8) is 0 Å². The van der Waals surface area contributed by atoms with Gasteiger partial charge in [-0.05, 0) is 18.2 Å². The van der Waals surface area contributed by atoms with E-state index in [1.165, 1.54) is 18.2 Å². The van der Waals surface area contributed by atoms with E-state index in [-0.39, 0.29) is 11.4 Å². The Bertz CT molecular complexity index is 768. The predicted octanol–water partition coefficient (Wildman–Crippen LogP) is 3.77. The second-order valence-corrected chi connectivity index (χ2v) is 4.60. The van der Waals surface area contributed by atoms with Crippen molar-refractivity contribution in [2.24, 2.45) is 0 Å². The maximum Gasteiger partial charge on any atom is 0.282 e. The van der Waals surface area contributed by atoms with E-state index < -0.39 is 4.92 Å². The van der Waals surface area contributed by atoms with Crippen molar-refractivity contribution in [1.29, 1.82) is 0 Å². The van der Waals surface area contributed by atoms with Crippen LogP contribution in [0.1, 0.15) is 5.56 Å². The van der Waals surface area contributed by atoms with Gasteiger partial charge in [-0.2, -0.15) is 0 Å². The number of nitrogens with one attached hydrogen (secondary N) is 1. The topological polar surface area (TPSA) is 78.0 Å². The standard InChI is InChI=1S/C16H15N3O4/c1-17-12-5-7-14(15(8-12)19(20)21)18-10-11-4-6-13(22-2)9-16(11)23-3/h4-9,18H,10H2,2-3H3. The van der Waals surface area contributed by atoms with Crippen molar-refractivity contribution in [2.75, 3.05) is 19.5 Å². The van der Waals surface area contributed by atoms with Crippen LogP contribution < -0.4 is 14.8 Å². The zero-order valence-electron chi connectivity index (χ0n) is 12.7. The van der Waals surface area contributed by atoms with Gasteiger partial charge >= 0.3 is 0 Å². The highest BCUT2D eigenvalue weighted by atomic mass is 16.6. The van der Waals surface area contributed by atoms with E-state index in [9.17, 15) is 10.1 Å². The highest BCUT2D eigenvalue weighted by molar-refractivity contribution is 5.68. The first kappa shape index (κ1) is 16.1. The summed E-state index contributed by atoms with van der Waals surface area (Å²) >= 11 is 0. The van der Waals surface area contributed by atoms with Gasteiger partial charge in [0.2, 0.25) is 0 Å². The number of methoxy groups -OCH3 is 2. The van der Waals surface area contributed by atoms with E-state index in [0.29, 0.717) is 23.7 Å². The van der Waals surface area contributed by atoms with Gasteiger partial charge in [0.25, 0.3) is 5.69 Å². The Labute approximate surface area is 133 Å². The highest BCUT2D eigenvalue weighted by Crippen LogP contribution is 2.31. The quantitative estimate of drug-likeness (QED) is 0.499. The third-order valence-electron chi connectivity index (χ3n) is 3.27. The molecule has 0 heterocycles. The summed E-state index contributed by atoms with van der Waals surface area (Å²) in [4.78, 5) is 13.8. The number of nitro benzene ring substituents is 1. The van der Waals surface area contributed by atoms with Gasteiger partial charge in [0, 0.05) is 24.2 Å². The number of ether oxygens (including phenoxy) is 2. The van der Waals surface area contributed by atoms with Crippen LogP contribution in [0, 0.1) is 16.7 Å². The van der Waals surface area contributed by atoms with E-state index >= 15 is 0 Å². The summed E-state index contributed by atoms with van der Waals surface area (Å²) < 4.78 is 10.4. The van der Waals surface area contributed by atoms with Gasteiger partial charge in [0.15, 0.2) is 5.69 Å². The van der Waals surface area contributed by atoms with Crippen molar-refractivity contribution >= 4 is 17.1 Å². The largest absolute Gasteiger partial charge is 0.497 e. The lowest BCUT2D eigenvalue weighted by Gasteiger charge is -2.12. The minimum Gasteiger partial charge on any atom is -0.497 e. The number of benzene rings is 2. The molecular formula is C16H15N3O4. The minimum absolute atomic E-state index is 0.133. The molecule has 0 aliphatic heterocycles. The summed E-state index contributed by atoms with van der Waals surface area (Å²) in [6.07, 6.45) is 0. The monoisotopic (exact) mass is 313 g/mol. The normalized spacial score (nSPS) is 9.78.